The van der Waals surface area contributed by atoms with Gasteiger partial charge >= 0.3 is 6.09 Å². The standard InChI is InChI=1S/C28H29FN2O2S/c1-2-33-28(32)31-23-9-10-24-20(15-23)16-27-26(12-13-34-27)25(24)11-8-22-7-6-19(17-30-22)18-4-3-5-21(29)14-18/h3-8,11-14,17,20,23-25H,2,9-10,15-16H2,1H3,(H,31,32)/b11-8+/t20-,23+,24+,25-/m0/s1. The summed E-state index contributed by atoms with van der Waals surface area (Å²) in [5, 5.41) is 5.25. The van der Waals surface area contributed by atoms with Gasteiger partial charge in [0, 0.05) is 28.6 Å². The molecule has 0 saturated heterocycles. The fourth-order valence-corrected chi connectivity index (χ4v) is 6.57. The third-order valence-electron chi connectivity index (χ3n) is 7.11. The summed E-state index contributed by atoms with van der Waals surface area (Å²) in [4.78, 5) is 18.0. The number of thiophene rings is 1. The molecule has 2 aliphatic carbocycles. The molecule has 0 spiro atoms. The van der Waals surface area contributed by atoms with E-state index in [2.05, 4.69) is 33.9 Å². The minimum Gasteiger partial charge on any atom is -0.450 e. The molecule has 1 aromatic carbocycles. The number of pyridine rings is 1. The topological polar surface area (TPSA) is 51.2 Å². The molecule has 2 aromatic heterocycles. The van der Waals surface area contributed by atoms with Crippen LogP contribution in [0.15, 0.2) is 60.1 Å². The van der Waals surface area contributed by atoms with Crippen molar-refractivity contribution in [3.63, 3.8) is 0 Å². The number of aromatic nitrogens is 1. The Morgan fingerprint density at radius 1 is 1.24 bits per heavy atom. The number of halogens is 1. The summed E-state index contributed by atoms with van der Waals surface area (Å²) in [6.45, 7) is 2.23. The molecule has 4 nitrogen and oxygen atoms in total. The predicted molar refractivity (Wildman–Crippen MR) is 134 cm³/mol. The summed E-state index contributed by atoms with van der Waals surface area (Å²) in [6, 6.07) is 13.0. The molecule has 34 heavy (non-hydrogen) atoms. The fraction of sp³-hybridized carbons (Fsp3) is 0.357. The van der Waals surface area contributed by atoms with Gasteiger partial charge in [-0.1, -0.05) is 24.3 Å². The van der Waals surface area contributed by atoms with Crippen LogP contribution in [0.25, 0.3) is 17.2 Å². The molecule has 0 bridgehead atoms. The smallest absolute Gasteiger partial charge is 0.407 e. The Morgan fingerprint density at radius 2 is 2.15 bits per heavy atom. The summed E-state index contributed by atoms with van der Waals surface area (Å²) >= 11 is 1.84. The van der Waals surface area contributed by atoms with E-state index in [0.717, 1.165) is 42.5 Å². The Kier molecular flexibility index (Phi) is 6.77. The molecule has 0 radical (unpaired) electrons. The van der Waals surface area contributed by atoms with Gasteiger partial charge < -0.3 is 10.1 Å². The minimum absolute atomic E-state index is 0.184. The molecule has 2 heterocycles. The zero-order valence-corrected chi connectivity index (χ0v) is 20.1. The Morgan fingerprint density at radius 3 is 2.94 bits per heavy atom. The maximum Gasteiger partial charge on any atom is 0.407 e. The number of carbonyl (C=O) groups excluding carboxylic acids is 1. The van der Waals surface area contributed by atoms with E-state index >= 15 is 0 Å². The van der Waals surface area contributed by atoms with E-state index in [0.29, 0.717) is 24.4 Å². The summed E-state index contributed by atoms with van der Waals surface area (Å²) in [5.74, 6) is 1.22. The molecule has 2 aliphatic rings. The normalized spacial score (nSPS) is 23.8. The maximum atomic E-state index is 13.6. The van der Waals surface area contributed by atoms with Crippen molar-refractivity contribution in [3.05, 3.63) is 82.1 Å². The van der Waals surface area contributed by atoms with Gasteiger partial charge in [0.2, 0.25) is 0 Å². The highest BCUT2D eigenvalue weighted by Gasteiger charge is 2.40. The average molecular weight is 477 g/mol. The van der Waals surface area contributed by atoms with Crippen LogP contribution in [0.3, 0.4) is 0 Å². The first-order chi connectivity index (χ1) is 16.6. The number of hydrogen-bond acceptors (Lipinski definition) is 4. The van der Waals surface area contributed by atoms with Crippen molar-refractivity contribution in [2.24, 2.45) is 11.8 Å². The SMILES string of the molecule is CCOC(=O)N[C@@H]1CC[C@@H]2[C@H](Cc3sccc3[C@H]2/C=C/c2ccc(-c3cccc(F)c3)cn2)C1. The lowest BCUT2D eigenvalue weighted by Gasteiger charge is -2.43. The van der Waals surface area contributed by atoms with Gasteiger partial charge in [-0.3, -0.25) is 4.98 Å². The van der Waals surface area contributed by atoms with Crippen LogP contribution in [0.2, 0.25) is 0 Å². The molecule has 1 amide bonds. The molecule has 0 aliphatic heterocycles. The van der Waals surface area contributed by atoms with Gasteiger partial charge in [0.05, 0.1) is 12.3 Å². The Labute approximate surface area is 203 Å². The second kappa shape index (κ2) is 10.1. The van der Waals surface area contributed by atoms with E-state index in [1.807, 2.05) is 36.5 Å². The molecular weight excluding hydrogens is 447 g/mol. The quantitative estimate of drug-likeness (QED) is 0.439. The number of benzene rings is 1. The first-order valence-corrected chi connectivity index (χ1v) is 12.9. The molecular formula is C28H29FN2O2S. The molecule has 5 rings (SSSR count). The monoisotopic (exact) mass is 476 g/mol. The number of fused-ring (bicyclic) bond motifs is 2. The van der Waals surface area contributed by atoms with Crippen molar-refractivity contribution in [1.29, 1.82) is 0 Å². The van der Waals surface area contributed by atoms with E-state index < -0.39 is 0 Å². The van der Waals surface area contributed by atoms with Crippen LogP contribution in [0.5, 0.6) is 0 Å². The van der Waals surface area contributed by atoms with Crippen LogP contribution >= 0.6 is 11.3 Å². The van der Waals surface area contributed by atoms with Crippen LogP contribution < -0.4 is 5.32 Å². The second-order valence-corrected chi connectivity index (χ2v) is 10.2. The van der Waals surface area contributed by atoms with Crippen LogP contribution in [0.4, 0.5) is 9.18 Å². The van der Waals surface area contributed by atoms with Gasteiger partial charge in [-0.05, 0) is 91.3 Å². The third kappa shape index (κ3) is 4.92. The molecule has 1 saturated carbocycles. The number of carbonyl (C=O) groups is 1. The number of nitrogens with zero attached hydrogens (tertiary/aromatic N) is 1. The maximum absolute atomic E-state index is 13.6. The van der Waals surface area contributed by atoms with E-state index in [-0.39, 0.29) is 18.0 Å². The van der Waals surface area contributed by atoms with Crippen molar-refractivity contribution < 1.29 is 13.9 Å². The number of allylic oxidation sites excluding steroid dienone is 1. The van der Waals surface area contributed by atoms with E-state index in [4.69, 9.17) is 4.74 Å². The van der Waals surface area contributed by atoms with Gasteiger partial charge in [0.15, 0.2) is 0 Å². The van der Waals surface area contributed by atoms with Crippen molar-refractivity contribution in [1.82, 2.24) is 10.3 Å². The lowest BCUT2D eigenvalue weighted by Crippen LogP contribution is -2.43. The molecule has 1 N–H and O–H groups in total. The van der Waals surface area contributed by atoms with Crippen LogP contribution in [0.1, 0.15) is 48.2 Å². The first-order valence-electron chi connectivity index (χ1n) is 12.0. The number of alkyl carbamates (subject to hydrolysis) is 1. The lowest BCUT2D eigenvalue weighted by molar-refractivity contribution is 0.129. The van der Waals surface area contributed by atoms with Gasteiger partial charge in [-0.2, -0.15) is 0 Å². The third-order valence-corrected chi connectivity index (χ3v) is 8.06. The predicted octanol–water partition coefficient (Wildman–Crippen LogP) is 6.83. The van der Waals surface area contributed by atoms with Crippen molar-refractivity contribution >= 4 is 23.5 Å². The highest BCUT2D eigenvalue weighted by molar-refractivity contribution is 7.10. The number of amides is 1. The molecule has 6 heteroatoms. The zero-order valence-electron chi connectivity index (χ0n) is 19.2. The van der Waals surface area contributed by atoms with E-state index in [1.165, 1.54) is 22.6 Å². The van der Waals surface area contributed by atoms with Crippen molar-refractivity contribution in [3.8, 4) is 11.1 Å². The summed E-state index contributed by atoms with van der Waals surface area (Å²) in [7, 11) is 0. The Bertz CT molecular complexity index is 1170. The summed E-state index contributed by atoms with van der Waals surface area (Å²) in [5.41, 5.74) is 4.07. The number of hydrogen-bond donors (Lipinski definition) is 1. The van der Waals surface area contributed by atoms with Crippen LogP contribution in [-0.2, 0) is 11.2 Å². The molecule has 3 aromatic rings. The van der Waals surface area contributed by atoms with Crippen molar-refractivity contribution in [2.45, 2.75) is 44.6 Å². The van der Waals surface area contributed by atoms with Gasteiger partial charge in [0.1, 0.15) is 5.82 Å². The lowest BCUT2D eigenvalue weighted by atomic mass is 9.64. The Balaban J connectivity index is 1.32. The Hall–Kier alpha value is -2.99. The highest BCUT2D eigenvalue weighted by Crippen LogP contribution is 2.49. The largest absolute Gasteiger partial charge is 0.450 e. The number of rotatable bonds is 5. The van der Waals surface area contributed by atoms with E-state index in [9.17, 15) is 9.18 Å². The average Bonchev–Trinajstić information content (AvgIpc) is 3.30. The van der Waals surface area contributed by atoms with Gasteiger partial charge in [-0.25, -0.2) is 9.18 Å². The van der Waals surface area contributed by atoms with Gasteiger partial charge in [-0.15, -0.1) is 11.3 Å². The molecule has 176 valence electrons. The molecule has 4 atom stereocenters. The summed E-state index contributed by atoms with van der Waals surface area (Å²) < 4.78 is 18.6. The molecule has 0 unspecified atom stereocenters. The van der Waals surface area contributed by atoms with Crippen LogP contribution in [0, 0.1) is 17.7 Å². The van der Waals surface area contributed by atoms with E-state index in [1.54, 1.807) is 12.3 Å². The second-order valence-electron chi connectivity index (χ2n) is 9.17. The minimum atomic E-state index is -0.303. The first kappa shape index (κ1) is 22.8. The zero-order chi connectivity index (χ0) is 23.5. The number of nitrogens with one attached hydrogen (secondary N) is 1. The van der Waals surface area contributed by atoms with Gasteiger partial charge in [0.25, 0.3) is 0 Å². The summed E-state index contributed by atoms with van der Waals surface area (Å²) in [6.07, 6.45) is 10.1. The molecule has 1 fully saturated rings. The highest BCUT2D eigenvalue weighted by atomic mass is 32.1. The number of ether oxygens (including phenoxy) is 1. The van der Waals surface area contributed by atoms with Crippen molar-refractivity contribution in [2.75, 3.05) is 6.61 Å². The fourth-order valence-electron chi connectivity index (χ4n) is 5.54. The van der Waals surface area contributed by atoms with Crippen LogP contribution in [-0.4, -0.2) is 23.7 Å².